The summed E-state index contributed by atoms with van der Waals surface area (Å²) in [5.41, 5.74) is 0.548. The van der Waals surface area contributed by atoms with Crippen molar-refractivity contribution in [3.05, 3.63) is 33.8 Å². The average molecular weight is 316 g/mol. The molecule has 1 aromatic rings. The van der Waals surface area contributed by atoms with Gasteiger partial charge >= 0.3 is 0 Å². The van der Waals surface area contributed by atoms with Crippen LogP contribution in [-0.2, 0) is 6.54 Å². The Kier molecular flexibility index (Phi) is 5.74. The smallest absolute Gasteiger partial charge is 0.0771 e. The SMILES string of the molecule is CCC1CCC(O)(CNCc2ccc(Cl)c(Cl)c2)CC1. The summed E-state index contributed by atoms with van der Waals surface area (Å²) in [4.78, 5) is 0. The van der Waals surface area contributed by atoms with Crippen LogP contribution in [0.25, 0.3) is 0 Å². The van der Waals surface area contributed by atoms with Gasteiger partial charge in [-0.1, -0.05) is 42.6 Å². The summed E-state index contributed by atoms with van der Waals surface area (Å²) in [7, 11) is 0. The van der Waals surface area contributed by atoms with Crippen LogP contribution in [0.1, 0.15) is 44.6 Å². The Balaban J connectivity index is 1.79. The van der Waals surface area contributed by atoms with Crippen molar-refractivity contribution in [2.24, 2.45) is 5.92 Å². The first-order valence-corrected chi connectivity index (χ1v) is 8.15. The average Bonchev–Trinajstić information content (AvgIpc) is 2.44. The number of hydrogen-bond donors (Lipinski definition) is 2. The van der Waals surface area contributed by atoms with Gasteiger partial charge in [-0.2, -0.15) is 0 Å². The van der Waals surface area contributed by atoms with Gasteiger partial charge in [0.25, 0.3) is 0 Å². The van der Waals surface area contributed by atoms with Crippen LogP contribution in [0.15, 0.2) is 18.2 Å². The van der Waals surface area contributed by atoms with Gasteiger partial charge in [0.2, 0.25) is 0 Å². The molecule has 1 aliphatic carbocycles. The number of hydrogen-bond acceptors (Lipinski definition) is 2. The molecule has 0 atom stereocenters. The molecule has 1 aromatic carbocycles. The van der Waals surface area contributed by atoms with Gasteiger partial charge in [-0.25, -0.2) is 0 Å². The van der Waals surface area contributed by atoms with Crippen LogP contribution in [0.5, 0.6) is 0 Å². The maximum Gasteiger partial charge on any atom is 0.0771 e. The van der Waals surface area contributed by atoms with Crippen molar-refractivity contribution in [3.8, 4) is 0 Å². The Morgan fingerprint density at radius 2 is 1.95 bits per heavy atom. The summed E-state index contributed by atoms with van der Waals surface area (Å²) < 4.78 is 0. The summed E-state index contributed by atoms with van der Waals surface area (Å²) in [6.07, 6.45) is 5.31. The quantitative estimate of drug-likeness (QED) is 0.843. The Labute approximate surface area is 131 Å². The number of rotatable bonds is 5. The molecule has 112 valence electrons. The van der Waals surface area contributed by atoms with E-state index in [0.717, 1.165) is 37.2 Å². The molecule has 0 amide bonds. The second-order valence-corrected chi connectivity index (χ2v) is 6.74. The van der Waals surface area contributed by atoms with Crippen molar-refractivity contribution < 1.29 is 5.11 Å². The molecule has 2 nitrogen and oxygen atoms in total. The van der Waals surface area contributed by atoms with Gasteiger partial charge in [-0.05, 0) is 49.3 Å². The van der Waals surface area contributed by atoms with Gasteiger partial charge in [-0.15, -0.1) is 0 Å². The molecule has 1 saturated carbocycles. The lowest BCUT2D eigenvalue weighted by Crippen LogP contribution is -2.43. The summed E-state index contributed by atoms with van der Waals surface area (Å²) in [6, 6.07) is 5.64. The standard InChI is InChI=1S/C16H23Cl2NO/c1-2-12-5-7-16(20,8-6-12)11-19-10-13-3-4-14(17)15(18)9-13/h3-4,9,12,19-20H,2,5-8,10-11H2,1H3. The normalized spacial score (nSPS) is 26.7. The van der Waals surface area contributed by atoms with Crippen LogP contribution in [0.2, 0.25) is 10.0 Å². The second kappa shape index (κ2) is 7.13. The van der Waals surface area contributed by atoms with Crippen molar-refractivity contribution in [1.82, 2.24) is 5.32 Å². The van der Waals surface area contributed by atoms with E-state index in [0.29, 0.717) is 23.1 Å². The fraction of sp³-hybridized carbons (Fsp3) is 0.625. The molecule has 0 radical (unpaired) electrons. The molecule has 1 fully saturated rings. The highest BCUT2D eigenvalue weighted by molar-refractivity contribution is 6.42. The summed E-state index contributed by atoms with van der Waals surface area (Å²) in [5.74, 6) is 0.797. The molecule has 0 unspecified atom stereocenters. The first-order chi connectivity index (χ1) is 9.52. The van der Waals surface area contributed by atoms with E-state index in [9.17, 15) is 5.11 Å². The zero-order valence-electron chi connectivity index (χ0n) is 12.0. The molecule has 1 aliphatic rings. The second-order valence-electron chi connectivity index (χ2n) is 5.93. The molecule has 2 rings (SSSR count). The molecular weight excluding hydrogens is 293 g/mol. The molecular formula is C16H23Cl2NO. The first kappa shape index (κ1) is 16.1. The van der Waals surface area contributed by atoms with Gasteiger partial charge < -0.3 is 10.4 Å². The van der Waals surface area contributed by atoms with E-state index in [-0.39, 0.29) is 0 Å². The van der Waals surface area contributed by atoms with E-state index in [2.05, 4.69) is 12.2 Å². The predicted molar refractivity (Wildman–Crippen MR) is 85.4 cm³/mol. The van der Waals surface area contributed by atoms with Crippen molar-refractivity contribution in [3.63, 3.8) is 0 Å². The molecule has 2 N–H and O–H groups in total. The minimum Gasteiger partial charge on any atom is -0.389 e. The van der Waals surface area contributed by atoms with Crippen LogP contribution >= 0.6 is 23.2 Å². The molecule has 0 heterocycles. The molecule has 0 bridgehead atoms. The Hall–Kier alpha value is -0.280. The Morgan fingerprint density at radius 1 is 1.25 bits per heavy atom. The van der Waals surface area contributed by atoms with Crippen LogP contribution in [0.4, 0.5) is 0 Å². The largest absolute Gasteiger partial charge is 0.389 e. The molecule has 0 aliphatic heterocycles. The van der Waals surface area contributed by atoms with Gasteiger partial charge in [0.05, 0.1) is 15.6 Å². The lowest BCUT2D eigenvalue weighted by atomic mass is 9.78. The number of aliphatic hydroxyl groups is 1. The third-order valence-electron chi connectivity index (χ3n) is 4.38. The topological polar surface area (TPSA) is 32.3 Å². The van der Waals surface area contributed by atoms with E-state index in [1.165, 1.54) is 6.42 Å². The van der Waals surface area contributed by atoms with E-state index in [1.54, 1.807) is 0 Å². The number of nitrogens with one attached hydrogen (secondary N) is 1. The maximum absolute atomic E-state index is 10.6. The monoisotopic (exact) mass is 315 g/mol. The Morgan fingerprint density at radius 3 is 2.55 bits per heavy atom. The Bertz CT molecular complexity index is 442. The number of halogens is 2. The first-order valence-electron chi connectivity index (χ1n) is 7.39. The molecule has 0 aromatic heterocycles. The van der Waals surface area contributed by atoms with E-state index in [1.807, 2.05) is 18.2 Å². The van der Waals surface area contributed by atoms with Crippen molar-refractivity contribution >= 4 is 23.2 Å². The lowest BCUT2D eigenvalue weighted by Gasteiger charge is -2.36. The minimum absolute atomic E-state index is 0.540. The zero-order valence-corrected chi connectivity index (χ0v) is 13.5. The fourth-order valence-electron chi connectivity index (χ4n) is 2.89. The highest BCUT2D eigenvalue weighted by atomic mass is 35.5. The molecule has 20 heavy (non-hydrogen) atoms. The summed E-state index contributed by atoms with van der Waals surface area (Å²) >= 11 is 11.9. The van der Waals surface area contributed by atoms with Crippen molar-refractivity contribution in [2.45, 2.75) is 51.2 Å². The highest BCUT2D eigenvalue weighted by Crippen LogP contribution is 2.33. The third-order valence-corrected chi connectivity index (χ3v) is 5.12. The predicted octanol–water partition coefficient (Wildman–Crippen LogP) is 4.41. The highest BCUT2D eigenvalue weighted by Gasteiger charge is 2.31. The van der Waals surface area contributed by atoms with Gasteiger partial charge in [0, 0.05) is 13.1 Å². The van der Waals surface area contributed by atoms with Gasteiger partial charge in [0.15, 0.2) is 0 Å². The summed E-state index contributed by atoms with van der Waals surface area (Å²) in [5, 5.41) is 15.0. The lowest BCUT2D eigenvalue weighted by molar-refractivity contribution is -0.00881. The maximum atomic E-state index is 10.6. The number of benzene rings is 1. The summed E-state index contributed by atoms with van der Waals surface area (Å²) in [6.45, 7) is 3.58. The molecule has 0 spiro atoms. The third kappa shape index (κ3) is 4.36. The molecule has 0 saturated heterocycles. The van der Waals surface area contributed by atoms with E-state index in [4.69, 9.17) is 23.2 Å². The minimum atomic E-state index is -0.540. The van der Waals surface area contributed by atoms with Crippen LogP contribution in [0, 0.1) is 5.92 Å². The van der Waals surface area contributed by atoms with Crippen molar-refractivity contribution in [2.75, 3.05) is 6.54 Å². The van der Waals surface area contributed by atoms with Gasteiger partial charge in [-0.3, -0.25) is 0 Å². The van der Waals surface area contributed by atoms with E-state index < -0.39 is 5.60 Å². The zero-order chi connectivity index (χ0) is 14.6. The van der Waals surface area contributed by atoms with E-state index >= 15 is 0 Å². The van der Waals surface area contributed by atoms with Crippen LogP contribution < -0.4 is 5.32 Å². The van der Waals surface area contributed by atoms with Crippen LogP contribution in [-0.4, -0.2) is 17.3 Å². The molecule has 4 heteroatoms. The fourth-order valence-corrected chi connectivity index (χ4v) is 3.21. The van der Waals surface area contributed by atoms with Crippen molar-refractivity contribution in [1.29, 1.82) is 0 Å². The van der Waals surface area contributed by atoms with Crippen LogP contribution in [0.3, 0.4) is 0 Å². The van der Waals surface area contributed by atoms with Gasteiger partial charge in [0.1, 0.15) is 0 Å².